The summed E-state index contributed by atoms with van der Waals surface area (Å²) in [6, 6.07) is 10.9. The number of carbonyl (C=O) groups is 2. The number of carbonyl (C=O) groups excluding carboxylic acids is 2. The zero-order valence-corrected chi connectivity index (χ0v) is 16.8. The van der Waals surface area contributed by atoms with Gasteiger partial charge in [-0.15, -0.1) is 0 Å². The van der Waals surface area contributed by atoms with E-state index in [0.29, 0.717) is 41.7 Å². The van der Waals surface area contributed by atoms with Crippen molar-refractivity contribution in [2.45, 2.75) is 32.6 Å². The minimum Gasteiger partial charge on any atom is -0.466 e. The van der Waals surface area contributed by atoms with E-state index < -0.39 is 0 Å². The number of hydrogen-bond acceptors (Lipinski definition) is 5. The van der Waals surface area contributed by atoms with Crippen molar-refractivity contribution >= 4 is 35.0 Å². The zero-order valence-electron chi connectivity index (χ0n) is 16.0. The highest BCUT2D eigenvalue weighted by Gasteiger charge is 2.22. The van der Waals surface area contributed by atoms with Gasteiger partial charge in [-0.2, -0.15) is 0 Å². The standard InChI is InChI=1S/C21H24ClN3O3/c1-13(2)20-17(21(27)23-12-14-8-9-28-19(26)10-14)6-7-18(25-20)24-16-5-3-4-15(22)11-16/h3-7,11,13-14H,8-10,12H2,1-2H3,(H,23,27)(H,24,25). The summed E-state index contributed by atoms with van der Waals surface area (Å²) in [4.78, 5) is 28.7. The number of esters is 1. The van der Waals surface area contributed by atoms with E-state index in [-0.39, 0.29) is 23.7 Å². The number of nitrogens with one attached hydrogen (secondary N) is 2. The second kappa shape index (κ2) is 9.06. The Bertz CT molecular complexity index is 870. The van der Waals surface area contributed by atoms with Crippen LogP contribution in [0.4, 0.5) is 11.5 Å². The lowest BCUT2D eigenvalue weighted by Gasteiger charge is -2.22. The van der Waals surface area contributed by atoms with Crippen LogP contribution in [0.1, 0.15) is 48.7 Å². The molecule has 1 aromatic carbocycles. The number of halogens is 1. The third kappa shape index (κ3) is 5.23. The van der Waals surface area contributed by atoms with Crippen molar-refractivity contribution in [1.82, 2.24) is 10.3 Å². The van der Waals surface area contributed by atoms with Gasteiger partial charge in [0, 0.05) is 17.3 Å². The van der Waals surface area contributed by atoms with Gasteiger partial charge < -0.3 is 15.4 Å². The molecule has 2 heterocycles. The fourth-order valence-corrected chi connectivity index (χ4v) is 3.32. The van der Waals surface area contributed by atoms with Crippen molar-refractivity contribution < 1.29 is 14.3 Å². The number of amides is 1. The molecule has 6 nitrogen and oxygen atoms in total. The molecule has 0 bridgehead atoms. The monoisotopic (exact) mass is 401 g/mol. The highest BCUT2D eigenvalue weighted by molar-refractivity contribution is 6.30. The number of aromatic nitrogens is 1. The third-order valence-corrected chi connectivity index (χ3v) is 4.84. The van der Waals surface area contributed by atoms with E-state index in [0.717, 1.165) is 12.1 Å². The summed E-state index contributed by atoms with van der Waals surface area (Å²) in [5.74, 6) is 0.462. The van der Waals surface area contributed by atoms with Crippen LogP contribution in [0, 0.1) is 5.92 Å². The molecule has 7 heteroatoms. The number of benzene rings is 1. The maximum absolute atomic E-state index is 12.7. The maximum Gasteiger partial charge on any atom is 0.306 e. The molecular formula is C21H24ClN3O3. The molecule has 3 rings (SSSR count). The average Bonchev–Trinajstić information content (AvgIpc) is 2.66. The van der Waals surface area contributed by atoms with Crippen molar-refractivity contribution in [2.75, 3.05) is 18.5 Å². The quantitative estimate of drug-likeness (QED) is 0.706. The van der Waals surface area contributed by atoms with E-state index in [2.05, 4.69) is 15.6 Å². The van der Waals surface area contributed by atoms with Gasteiger partial charge in [0.1, 0.15) is 5.82 Å². The maximum atomic E-state index is 12.7. The second-order valence-electron chi connectivity index (χ2n) is 7.21. The lowest BCUT2D eigenvalue weighted by molar-refractivity contribution is -0.149. The molecule has 2 aromatic rings. The fourth-order valence-electron chi connectivity index (χ4n) is 3.13. The molecule has 0 spiro atoms. The molecule has 0 saturated carbocycles. The van der Waals surface area contributed by atoms with E-state index >= 15 is 0 Å². The Morgan fingerprint density at radius 3 is 2.86 bits per heavy atom. The molecule has 148 valence electrons. The Morgan fingerprint density at radius 1 is 1.32 bits per heavy atom. The lowest BCUT2D eigenvalue weighted by Crippen LogP contribution is -2.34. The van der Waals surface area contributed by atoms with E-state index in [1.165, 1.54) is 0 Å². The molecule has 1 aromatic heterocycles. The molecule has 28 heavy (non-hydrogen) atoms. The van der Waals surface area contributed by atoms with Gasteiger partial charge >= 0.3 is 5.97 Å². The van der Waals surface area contributed by atoms with Gasteiger partial charge in [0.15, 0.2) is 0 Å². The van der Waals surface area contributed by atoms with E-state index in [4.69, 9.17) is 16.3 Å². The second-order valence-corrected chi connectivity index (χ2v) is 7.65. The first-order valence-electron chi connectivity index (χ1n) is 9.39. The summed E-state index contributed by atoms with van der Waals surface area (Å²) in [7, 11) is 0. The average molecular weight is 402 g/mol. The summed E-state index contributed by atoms with van der Waals surface area (Å²) >= 11 is 6.03. The number of cyclic esters (lactones) is 1. The Labute approximate surface area is 169 Å². The van der Waals surface area contributed by atoms with Crippen LogP contribution in [-0.2, 0) is 9.53 Å². The molecular weight excluding hydrogens is 378 g/mol. The summed E-state index contributed by atoms with van der Waals surface area (Å²) in [5, 5.41) is 6.79. The Hall–Kier alpha value is -2.60. The van der Waals surface area contributed by atoms with E-state index in [1.54, 1.807) is 18.2 Å². The molecule has 0 aliphatic carbocycles. The highest BCUT2D eigenvalue weighted by atomic mass is 35.5. The predicted molar refractivity (Wildman–Crippen MR) is 109 cm³/mol. The summed E-state index contributed by atoms with van der Waals surface area (Å²) in [6.45, 7) is 4.87. The minimum atomic E-state index is -0.202. The molecule has 1 fully saturated rings. The van der Waals surface area contributed by atoms with E-state index in [9.17, 15) is 9.59 Å². The number of rotatable bonds is 6. The Morgan fingerprint density at radius 2 is 2.14 bits per heavy atom. The van der Waals surface area contributed by atoms with Gasteiger partial charge in [0.05, 0.1) is 24.3 Å². The molecule has 2 N–H and O–H groups in total. The third-order valence-electron chi connectivity index (χ3n) is 4.61. The first-order valence-corrected chi connectivity index (χ1v) is 9.77. The molecule has 1 aliphatic rings. The SMILES string of the molecule is CC(C)c1nc(Nc2cccc(Cl)c2)ccc1C(=O)NCC1CCOC(=O)C1. The van der Waals surface area contributed by atoms with Crippen molar-refractivity contribution in [1.29, 1.82) is 0 Å². The largest absolute Gasteiger partial charge is 0.466 e. The van der Waals surface area contributed by atoms with Crippen LogP contribution in [0.15, 0.2) is 36.4 Å². The van der Waals surface area contributed by atoms with Gasteiger partial charge in [-0.25, -0.2) is 4.98 Å². The van der Waals surface area contributed by atoms with Crippen LogP contribution in [0.3, 0.4) is 0 Å². The molecule has 1 unspecified atom stereocenters. The lowest BCUT2D eigenvalue weighted by atomic mass is 9.99. The molecule has 1 amide bonds. The van der Waals surface area contributed by atoms with Crippen LogP contribution in [0.5, 0.6) is 0 Å². The minimum absolute atomic E-state index is 0.0755. The molecule has 1 saturated heterocycles. The smallest absolute Gasteiger partial charge is 0.306 e. The van der Waals surface area contributed by atoms with Crippen LogP contribution in [-0.4, -0.2) is 30.0 Å². The number of hydrogen-bond donors (Lipinski definition) is 2. The van der Waals surface area contributed by atoms with Crippen LogP contribution in [0.25, 0.3) is 0 Å². The van der Waals surface area contributed by atoms with Crippen LogP contribution < -0.4 is 10.6 Å². The Kier molecular flexibility index (Phi) is 6.52. The van der Waals surface area contributed by atoms with E-state index in [1.807, 2.05) is 32.0 Å². The number of anilines is 2. The van der Waals surface area contributed by atoms with Gasteiger partial charge in [0.2, 0.25) is 0 Å². The van der Waals surface area contributed by atoms with Crippen molar-refractivity contribution in [3.63, 3.8) is 0 Å². The summed E-state index contributed by atoms with van der Waals surface area (Å²) in [6.07, 6.45) is 1.11. The normalized spacial score (nSPS) is 16.6. The van der Waals surface area contributed by atoms with Crippen LogP contribution >= 0.6 is 11.6 Å². The summed E-state index contributed by atoms with van der Waals surface area (Å²) in [5.41, 5.74) is 2.09. The van der Waals surface area contributed by atoms with Crippen molar-refractivity contribution in [3.8, 4) is 0 Å². The van der Waals surface area contributed by atoms with Gasteiger partial charge in [-0.1, -0.05) is 31.5 Å². The predicted octanol–water partition coefficient (Wildman–Crippen LogP) is 4.29. The van der Waals surface area contributed by atoms with Gasteiger partial charge in [-0.05, 0) is 48.6 Å². The molecule has 1 atom stereocenters. The number of nitrogens with zero attached hydrogens (tertiary/aromatic N) is 1. The zero-order chi connectivity index (χ0) is 20.1. The fraction of sp³-hybridized carbons (Fsp3) is 0.381. The van der Waals surface area contributed by atoms with Crippen molar-refractivity contribution in [3.05, 3.63) is 52.7 Å². The molecule has 0 radical (unpaired) electrons. The first kappa shape index (κ1) is 20.1. The first-order chi connectivity index (χ1) is 13.4. The van der Waals surface area contributed by atoms with Gasteiger partial charge in [0.25, 0.3) is 5.91 Å². The number of ether oxygens (including phenoxy) is 1. The van der Waals surface area contributed by atoms with Crippen LogP contribution in [0.2, 0.25) is 5.02 Å². The topological polar surface area (TPSA) is 80.3 Å². The molecule has 1 aliphatic heterocycles. The van der Waals surface area contributed by atoms with Crippen molar-refractivity contribution in [2.24, 2.45) is 5.92 Å². The van der Waals surface area contributed by atoms with Gasteiger partial charge in [-0.3, -0.25) is 9.59 Å². The number of pyridine rings is 1. The highest BCUT2D eigenvalue weighted by Crippen LogP contribution is 2.24. The Balaban J connectivity index is 1.71. The summed E-state index contributed by atoms with van der Waals surface area (Å²) < 4.78 is 4.94.